The third-order valence-electron chi connectivity index (χ3n) is 9.71. The first-order chi connectivity index (χ1) is 28.2. The van der Waals surface area contributed by atoms with Crippen molar-refractivity contribution in [1.29, 1.82) is 0 Å². The van der Waals surface area contributed by atoms with Crippen LogP contribution in [0.4, 0.5) is 11.4 Å². The number of anilines is 2. The number of nitrogens with zero attached hydrogens (tertiary/aromatic N) is 7. The van der Waals surface area contributed by atoms with Crippen LogP contribution < -0.4 is 20.1 Å². The summed E-state index contributed by atoms with van der Waals surface area (Å²) in [4.78, 5) is 39.7. The lowest BCUT2D eigenvalue weighted by Gasteiger charge is -2.30. The summed E-state index contributed by atoms with van der Waals surface area (Å²) in [6.07, 6.45) is 9.95. The number of hydrogen-bond acceptors (Lipinski definition) is 13. The molecule has 0 aliphatic rings. The van der Waals surface area contributed by atoms with Crippen LogP contribution in [0, 0.1) is 19.3 Å². The lowest BCUT2D eigenvalue weighted by molar-refractivity contribution is 0.101. The molecule has 0 fully saturated rings. The number of carbonyl (C=O) groups is 2. The maximum absolute atomic E-state index is 13.3. The normalized spacial score (nSPS) is 12.9. The van der Waals surface area contributed by atoms with Crippen LogP contribution in [0.15, 0.2) is 107 Å². The molecule has 15 nitrogen and oxygen atoms in total. The number of fused-ring (bicyclic) bond motifs is 2. The number of aryl methyl sites for hydroxylation is 3. The molecule has 2 aromatic carbocycles. The fourth-order valence-corrected chi connectivity index (χ4v) is 7.81. The van der Waals surface area contributed by atoms with Crippen LogP contribution in [0.2, 0.25) is 0 Å². The van der Waals surface area contributed by atoms with Crippen LogP contribution in [0.5, 0.6) is 0 Å². The average molecular weight is 818 g/mol. The fraction of sp³-hybridized carbons (Fsp3) is 0.244. The molecule has 298 valence electrons. The van der Waals surface area contributed by atoms with E-state index in [-0.39, 0.29) is 11.8 Å². The highest BCUT2D eigenvalue weighted by molar-refractivity contribution is 7.97. The molecule has 0 aliphatic heterocycles. The SMILES string of the molecule is CSNCC(C)(CSNCCCc1nc(-c2ccc(C)c(NC(=O)c3cnc4ccccn34)c2)no1)/C(=N\O)c1ccc(C)c(NC(=O)c2cnc3ccccn23)c1. The molecule has 0 aliphatic carbocycles. The molecule has 1 atom stereocenters. The number of imidazole rings is 2. The largest absolute Gasteiger partial charge is 0.411 e. The summed E-state index contributed by atoms with van der Waals surface area (Å²) in [6.45, 7) is 7.06. The highest BCUT2D eigenvalue weighted by Crippen LogP contribution is 2.30. The van der Waals surface area contributed by atoms with Gasteiger partial charge in [0.05, 0.1) is 18.1 Å². The van der Waals surface area contributed by atoms with Crippen molar-refractivity contribution in [2.75, 3.05) is 35.7 Å². The van der Waals surface area contributed by atoms with Crippen LogP contribution in [0.25, 0.3) is 22.7 Å². The Balaban J connectivity index is 0.936. The number of rotatable bonds is 17. The van der Waals surface area contributed by atoms with Gasteiger partial charge in [0.15, 0.2) is 0 Å². The summed E-state index contributed by atoms with van der Waals surface area (Å²) in [7, 11) is 0. The number of benzene rings is 2. The van der Waals surface area contributed by atoms with E-state index < -0.39 is 5.41 Å². The zero-order valence-corrected chi connectivity index (χ0v) is 34.0. The highest BCUT2D eigenvalue weighted by atomic mass is 32.2. The van der Waals surface area contributed by atoms with Crippen molar-refractivity contribution in [2.24, 2.45) is 10.6 Å². The molecular weight excluding hydrogens is 775 g/mol. The second kappa shape index (κ2) is 18.1. The summed E-state index contributed by atoms with van der Waals surface area (Å²) in [5, 5.41) is 24.4. The maximum Gasteiger partial charge on any atom is 0.274 e. The number of nitrogens with one attached hydrogen (secondary N) is 4. The summed E-state index contributed by atoms with van der Waals surface area (Å²) in [6, 6.07) is 22.4. The molecule has 5 heterocycles. The van der Waals surface area contributed by atoms with Gasteiger partial charge in [0, 0.05) is 65.6 Å². The number of pyridine rings is 2. The number of carbonyl (C=O) groups excluding carboxylic acids is 2. The van der Waals surface area contributed by atoms with Gasteiger partial charge < -0.3 is 20.4 Å². The smallest absolute Gasteiger partial charge is 0.274 e. The van der Waals surface area contributed by atoms with Crippen LogP contribution in [-0.4, -0.2) is 76.7 Å². The molecule has 17 heteroatoms. The van der Waals surface area contributed by atoms with Crippen molar-refractivity contribution >= 4 is 64.1 Å². The van der Waals surface area contributed by atoms with E-state index in [9.17, 15) is 14.8 Å². The van der Waals surface area contributed by atoms with Crippen molar-refractivity contribution in [3.63, 3.8) is 0 Å². The van der Waals surface area contributed by atoms with Crippen molar-refractivity contribution in [3.05, 3.63) is 132 Å². The Kier molecular flexibility index (Phi) is 12.5. The van der Waals surface area contributed by atoms with Gasteiger partial charge >= 0.3 is 0 Å². The first-order valence-electron chi connectivity index (χ1n) is 18.5. The van der Waals surface area contributed by atoms with E-state index in [1.807, 2.05) is 99.8 Å². The van der Waals surface area contributed by atoms with E-state index in [2.05, 4.69) is 45.3 Å². The standard InChI is InChI=1S/C41H43N11O4S2/c1-26-13-15-28(20-30(26)46-39(53)32-22-42-34-10-5-7-18-51(32)34)37(49-55)41(3,24-45-57-4)25-58-44-17-9-12-36-48-38(50-56-36)29-16-14-27(2)31(21-29)47-40(54)33-23-43-35-11-6-8-19-52(33)35/h5-8,10-11,13-16,18-23,44-45,55H,9,12,17,24-25H2,1-4H3,(H,46,53)(H,47,54)/b49-37-. The Bertz CT molecular complexity index is 2600. The summed E-state index contributed by atoms with van der Waals surface area (Å²) in [5.41, 5.74) is 6.52. The van der Waals surface area contributed by atoms with Crippen LogP contribution in [-0.2, 0) is 6.42 Å². The second-order valence-electron chi connectivity index (χ2n) is 13.9. The number of amides is 2. The van der Waals surface area contributed by atoms with Gasteiger partial charge in [-0.25, -0.2) is 9.97 Å². The van der Waals surface area contributed by atoms with Gasteiger partial charge in [-0.2, -0.15) is 4.98 Å². The van der Waals surface area contributed by atoms with E-state index in [0.717, 1.165) is 23.1 Å². The van der Waals surface area contributed by atoms with Crippen molar-refractivity contribution in [2.45, 2.75) is 33.6 Å². The number of aromatic nitrogens is 6. The van der Waals surface area contributed by atoms with Crippen LogP contribution >= 0.6 is 23.9 Å². The Labute approximate surface area is 343 Å². The van der Waals surface area contributed by atoms with Crippen LogP contribution in [0.3, 0.4) is 0 Å². The molecule has 0 spiro atoms. The molecule has 0 bridgehead atoms. The Morgan fingerprint density at radius 2 is 1.50 bits per heavy atom. The van der Waals surface area contributed by atoms with Crippen molar-refractivity contribution in [1.82, 2.24) is 38.4 Å². The van der Waals surface area contributed by atoms with Crippen molar-refractivity contribution in [3.8, 4) is 11.4 Å². The molecule has 58 heavy (non-hydrogen) atoms. The molecule has 0 radical (unpaired) electrons. The zero-order chi connectivity index (χ0) is 40.6. The minimum Gasteiger partial charge on any atom is -0.411 e. The van der Waals surface area contributed by atoms with E-state index in [1.165, 1.54) is 23.9 Å². The van der Waals surface area contributed by atoms with Gasteiger partial charge in [-0.1, -0.05) is 77.5 Å². The van der Waals surface area contributed by atoms with Gasteiger partial charge in [-0.15, -0.1) is 0 Å². The van der Waals surface area contributed by atoms with E-state index in [4.69, 9.17) is 4.52 Å². The van der Waals surface area contributed by atoms with E-state index >= 15 is 0 Å². The Morgan fingerprint density at radius 3 is 2.14 bits per heavy atom. The third-order valence-corrected chi connectivity index (χ3v) is 11.3. The fourth-order valence-electron chi connectivity index (χ4n) is 6.40. The van der Waals surface area contributed by atoms with Gasteiger partial charge in [0.25, 0.3) is 11.8 Å². The Morgan fingerprint density at radius 1 is 0.862 bits per heavy atom. The molecule has 5 N–H and O–H groups in total. The minimum atomic E-state index is -0.603. The molecular formula is C41H43N11O4S2. The van der Waals surface area contributed by atoms with Crippen molar-refractivity contribution < 1.29 is 19.3 Å². The minimum absolute atomic E-state index is 0.273. The maximum atomic E-state index is 13.3. The third kappa shape index (κ3) is 8.92. The predicted octanol–water partition coefficient (Wildman–Crippen LogP) is 7.08. The summed E-state index contributed by atoms with van der Waals surface area (Å²) < 4.78 is 15.8. The lowest BCUT2D eigenvalue weighted by atomic mass is 9.83. The molecule has 2 amide bonds. The lowest BCUT2D eigenvalue weighted by Crippen LogP contribution is -2.40. The highest BCUT2D eigenvalue weighted by Gasteiger charge is 2.33. The molecule has 0 saturated heterocycles. The second-order valence-corrected chi connectivity index (χ2v) is 15.5. The topological polar surface area (TPSA) is 188 Å². The quantitative estimate of drug-likeness (QED) is 0.0207. The van der Waals surface area contributed by atoms with E-state index in [1.54, 1.807) is 33.6 Å². The number of oxime groups is 1. The first kappa shape index (κ1) is 40.2. The van der Waals surface area contributed by atoms with Gasteiger partial charge in [-0.3, -0.25) is 27.8 Å². The van der Waals surface area contributed by atoms with E-state index in [0.29, 0.717) is 82.3 Å². The summed E-state index contributed by atoms with van der Waals surface area (Å²) >= 11 is 3.02. The first-order valence-corrected chi connectivity index (χ1v) is 20.7. The predicted molar refractivity (Wildman–Crippen MR) is 229 cm³/mol. The monoisotopic (exact) mass is 817 g/mol. The summed E-state index contributed by atoms with van der Waals surface area (Å²) in [5.74, 6) is 0.946. The molecule has 1 unspecified atom stereocenters. The average Bonchev–Trinajstić information content (AvgIpc) is 4.00. The van der Waals surface area contributed by atoms with Gasteiger partial charge in [0.1, 0.15) is 22.7 Å². The Hall–Kier alpha value is -6.01. The van der Waals surface area contributed by atoms with Gasteiger partial charge in [0.2, 0.25) is 11.7 Å². The molecule has 7 aromatic rings. The zero-order valence-electron chi connectivity index (χ0n) is 32.4. The van der Waals surface area contributed by atoms with Crippen LogP contribution in [0.1, 0.15) is 56.9 Å². The van der Waals surface area contributed by atoms with Gasteiger partial charge in [-0.05, 0) is 74.0 Å². The molecule has 7 rings (SSSR count). The molecule has 5 aromatic heterocycles. The number of hydrogen-bond donors (Lipinski definition) is 5. The molecule has 0 saturated carbocycles.